The van der Waals surface area contributed by atoms with Gasteiger partial charge in [0.25, 0.3) is 0 Å². The number of aliphatic carboxylic acids is 1. The highest BCUT2D eigenvalue weighted by Crippen LogP contribution is 2.39. The lowest BCUT2D eigenvalue weighted by atomic mass is 10.0. The molecule has 0 saturated carbocycles. The van der Waals surface area contributed by atoms with E-state index in [4.69, 9.17) is 5.11 Å². The van der Waals surface area contributed by atoms with Crippen molar-refractivity contribution in [1.29, 1.82) is 0 Å². The maximum Gasteiger partial charge on any atom is 0.330 e. The van der Waals surface area contributed by atoms with Gasteiger partial charge in [0.05, 0.1) is 11.8 Å². The molecule has 1 unspecified atom stereocenters. The fraction of sp³-hybridized carbons (Fsp3) is 0.500. The Bertz CT molecular complexity index is 302. The van der Waals surface area contributed by atoms with E-state index in [2.05, 4.69) is 6.58 Å². The van der Waals surface area contributed by atoms with Crippen molar-refractivity contribution in [3.8, 4) is 0 Å². The van der Waals surface area contributed by atoms with Crippen LogP contribution in [-0.2, 0) is 9.59 Å². The highest BCUT2D eigenvalue weighted by Gasteiger charge is 2.48. The first-order chi connectivity index (χ1) is 6.11. The van der Waals surface area contributed by atoms with Crippen LogP contribution in [-0.4, -0.2) is 39.1 Å². The second kappa shape index (κ2) is 2.77. The summed E-state index contributed by atoms with van der Waals surface area (Å²) in [5.41, 5.74) is 0.613. The summed E-state index contributed by atoms with van der Waals surface area (Å²) in [5, 5.41) is 8.95. The minimum atomic E-state index is -0.969. The van der Waals surface area contributed by atoms with E-state index in [1.165, 1.54) is 4.90 Å². The van der Waals surface area contributed by atoms with Gasteiger partial charge < -0.3 is 10.0 Å². The second-order valence-electron chi connectivity index (χ2n) is 3.17. The van der Waals surface area contributed by atoms with Crippen LogP contribution in [0.4, 0.5) is 0 Å². The predicted molar refractivity (Wildman–Crippen MR) is 48.3 cm³/mol. The number of hydrogen-bond acceptors (Lipinski definition) is 3. The summed E-state index contributed by atoms with van der Waals surface area (Å²) in [5.74, 6) is -0.403. The first kappa shape index (κ1) is 8.62. The molecule has 4 nitrogen and oxygen atoms in total. The molecule has 0 aromatic heterocycles. The Morgan fingerprint density at radius 1 is 1.69 bits per heavy atom. The minimum Gasteiger partial charge on any atom is -0.479 e. The number of carboxylic acids is 1. The third kappa shape index (κ3) is 1.14. The summed E-state index contributed by atoms with van der Waals surface area (Å²) in [6, 6.07) is -0.785. The van der Waals surface area contributed by atoms with Gasteiger partial charge in [0, 0.05) is 5.75 Å². The molecule has 13 heavy (non-hydrogen) atoms. The van der Waals surface area contributed by atoms with Gasteiger partial charge in [-0.1, -0.05) is 6.58 Å². The maximum atomic E-state index is 11.1. The molecule has 2 heterocycles. The molecule has 2 rings (SSSR count). The van der Waals surface area contributed by atoms with Crippen LogP contribution < -0.4 is 0 Å². The fourth-order valence-electron chi connectivity index (χ4n) is 1.62. The van der Waals surface area contributed by atoms with Crippen molar-refractivity contribution in [1.82, 2.24) is 4.90 Å². The van der Waals surface area contributed by atoms with Gasteiger partial charge >= 0.3 is 5.97 Å². The molecule has 0 aromatic rings. The minimum absolute atomic E-state index is 0.0686. The van der Waals surface area contributed by atoms with Crippen molar-refractivity contribution < 1.29 is 14.7 Å². The number of rotatable bonds is 1. The number of hydrogen-bond donors (Lipinski definition) is 1. The zero-order valence-corrected chi connectivity index (χ0v) is 7.71. The van der Waals surface area contributed by atoms with Crippen molar-refractivity contribution in [3.63, 3.8) is 0 Å². The van der Waals surface area contributed by atoms with E-state index in [0.717, 1.165) is 0 Å². The number of amides is 1. The van der Waals surface area contributed by atoms with Crippen LogP contribution in [0.1, 0.15) is 6.42 Å². The molecule has 0 aromatic carbocycles. The summed E-state index contributed by atoms with van der Waals surface area (Å²) < 4.78 is 0. The average molecular weight is 199 g/mol. The Kier molecular flexibility index (Phi) is 1.83. The van der Waals surface area contributed by atoms with Gasteiger partial charge in [0.1, 0.15) is 0 Å². The van der Waals surface area contributed by atoms with E-state index >= 15 is 0 Å². The lowest BCUT2D eigenvalue weighted by molar-refractivity contribution is -0.156. The molecule has 1 amide bonds. The molecule has 0 spiro atoms. The number of thioether (sulfide) groups is 1. The highest BCUT2D eigenvalue weighted by atomic mass is 32.2. The summed E-state index contributed by atoms with van der Waals surface area (Å²) in [7, 11) is 0. The van der Waals surface area contributed by atoms with Gasteiger partial charge in [-0.25, -0.2) is 4.79 Å². The zero-order valence-electron chi connectivity index (χ0n) is 6.90. The van der Waals surface area contributed by atoms with Crippen molar-refractivity contribution in [2.75, 3.05) is 5.75 Å². The number of nitrogens with zero attached hydrogens (tertiary/aromatic N) is 1. The largest absolute Gasteiger partial charge is 0.479 e. The van der Waals surface area contributed by atoms with E-state index in [0.29, 0.717) is 17.7 Å². The molecular weight excluding hydrogens is 190 g/mol. The lowest BCUT2D eigenvalue weighted by Gasteiger charge is -2.47. The molecule has 0 radical (unpaired) electrons. The molecule has 2 aliphatic rings. The Morgan fingerprint density at radius 3 is 2.85 bits per heavy atom. The van der Waals surface area contributed by atoms with E-state index in [-0.39, 0.29) is 11.3 Å². The SMILES string of the molecule is C=C1CS[C@@H]2CC(=O)N2C1C(=O)O. The first-order valence-electron chi connectivity index (χ1n) is 3.94. The molecule has 0 aliphatic carbocycles. The van der Waals surface area contributed by atoms with Gasteiger partial charge in [-0.3, -0.25) is 4.79 Å². The number of carbonyl (C=O) groups excluding carboxylic acids is 1. The number of β-lactam (4-membered cyclic amide) rings is 1. The topological polar surface area (TPSA) is 57.6 Å². The number of fused-ring (bicyclic) bond motifs is 1. The molecule has 2 aliphatic heterocycles. The van der Waals surface area contributed by atoms with Gasteiger partial charge in [-0.15, -0.1) is 11.8 Å². The van der Waals surface area contributed by atoms with Crippen molar-refractivity contribution in [3.05, 3.63) is 12.2 Å². The Labute approximate surface area is 79.6 Å². The molecule has 5 heteroatoms. The van der Waals surface area contributed by atoms with Crippen LogP contribution in [0.3, 0.4) is 0 Å². The van der Waals surface area contributed by atoms with Crippen LogP contribution in [0.25, 0.3) is 0 Å². The average Bonchev–Trinajstić information content (AvgIpc) is 2.05. The Morgan fingerprint density at radius 2 is 2.38 bits per heavy atom. The van der Waals surface area contributed by atoms with Gasteiger partial charge in [0.15, 0.2) is 6.04 Å². The summed E-state index contributed by atoms with van der Waals surface area (Å²) in [6.07, 6.45) is 0.474. The van der Waals surface area contributed by atoms with Crippen LogP contribution in [0.2, 0.25) is 0 Å². The lowest BCUT2D eigenvalue weighted by Crippen LogP contribution is -2.61. The van der Waals surface area contributed by atoms with E-state index in [1.807, 2.05) is 0 Å². The molecule has 70 valence electrons. The summed E-state index contributed by atoms with van der Waals surface area (Å²) in [4.78, 5) is 23.4. The van der Waals surface area contributed by atoms with E-state index < -0.39 is 12.0 Å². The molecule has 2 fully saturated rings. The summed E-state index contributed by atoms with van der Waals surface area (Å²) >= 11 is 1.59. The number of carboxylic acid groups (broad SMARTS) is 1. The van der Waals surface area contributed by atoms with Crippen LogP contribution in [0.15, 0.2) is 12.2 Å². The summed E-state index contributed by atoms with van der Waals surface area (Å²) in [6.45, 7) is 3.67. The van der Waals surface area contributed by atoms with Crippen LogP contribution in [0.5, 0.6) is 0 Å². The van der Waals surface area contributed by atoms with Crippen molar-refractivity contribution >= 4 is 23.6 Å². The third-order valence-electron chi connectivity index (χ3n) is 2.31. The van der Waals surface area contributed by atoms with Crippen molar-refractivity contribution in [2.24, 2.45) is 0 Å². The van der Waals surface area contributed by atoms with Crippen LogP contribution in [0, 0.1) is 0 Å². The molecule has 0 bridgehead atoms. The smallest absolute Gasteiger partial charge is 0.330 e. The second-order valence-corrected chi connectivity index (χ2v) is 4.34. The Balaban J connectivity index is 2.24. The van der Waals surface area contributed by atoms with Crippen molar-refractivity contribution in [2.45, 2.75) is 17.8 Å². The van der Waals surface area contributed by atoms with E-state index in [1.54, 1.807) is 11.8 Å². The van der Waals surface area contributed by atoms with Gasteiger partial charge in [-0.05, 0) is 5.57 Å². The zero-order chi connectivity index (χ0) is 9.59. The normalized spacial score (nSPS) is 32.5. The maximum absolute atomic E-state index is 11.1. The number of carbonyl (C=O) groups is 2. The molecule has 2 atom stereocenters. The standard InChI is InChI=1S/C8H9NO3S/c1-4-3-13-6-2-5(10)9(6)7(4)8(11)12/h6-7H,1-3H2,(H,11,12)/t6-,7?/m1/s1. The third-order valence-corrected chi connectivity index (χ3v) is 3.62. The monoisotopic (exact) mass is 199 g/mol. The first-order valence-corrected chi connectivity index (χ1v) is 4.99. The molecular formula is C8H9NO3S. The van der Waals surface area contributed by atoms with Gasteiger partial charge in [-0.2, -0.15) is 0 Å². The van der Waals surface area contributed by atoms with Crippen LogP contribution >= 0.6 is 11.8 Å². The van der Waals surface area contributed by atoms with E-state index in [9.17, 15) is 9.59 Å². The molecule has 1 N–H and O–H groups in total. The molecule has 2 saturated heterocycles. The Hall–Kier alpha value is -0.970. The fourth-order valence-corrected chi connectivity index (χ4v) is 2.85. The van der Waals surface area contributed by atoms with Gasteiger partial charge in [0.2, 0.25) is 5.91 Å². The quantitative estimate of drug-likeness (QED) is 0.487. The predicted octanol–water partition coefficient (Wildman–Crippen LogP) is 0.301. The highest BCUT2D eigenvalue weighted by molar-refractivity contribution is 8.00.